The highest BCUT2D eigenvalue weighted by Gasteiger charge is 2.37. The number of methoxy groups -OCH3 is 2. The molecule has 1 saturated carbocycles. The van der Waals surface area contributed by atoms with Crippen LogP contribution in [0.1, 0.15) is 42.4 Å². The van der Waals surface area contributed by atoms with Gasteiger partial charge in [0.15, 0.2) is 0 Å². The monoisotopic (exact) mass is 784 g/mol. The molecule has 1 atom stereocenters. The number of carboxylic acid groups (broad SMARTS) is 1. The number of fused-ring (bicyclic) bond motifs is 1. The SMILES string of the molecule is COc1cc(Cn2ncc3c(-c4cccc(-c5cc(F)c(CNC[C@@H]6CCC(=O)N6)c(OC)c5)c4Cl)cccc32)c([N+](=O)[O-])cc1CN(C)[C@H]1C[C@H](C(=O)O)C1. The predicted molar refractivity (Wildman–Crippen MR) is 209 cm³/mol. The van der Waals surface area contributed by atoms with Crippen molar-refractivity contribution in [3.05, 3.63) is 105 Å². The maximum Gasteiger partial charge on any atom is 0.306 e. The number of aromatic nitrogens is 2. The molecule has 56 heavy (non-hydrogen) atoms. The van der Waals surface area contributed by atoms with E-state index in [9.17, 15) is 24.8 Å². The Hall–Kier alpha value is -5.57. The molecule has 3 N–H and O–H groups in total. The summed E-state index contributed by atoms with van der Waals surface area (Å²) >= 11 is 7.11. The van der Waals surface area contributed by atoms with Crippen LogP contribution in [0.4, 0.5) is 10.1 Å². The highest BCUT2D eigenvalue weighted by Crippen LogP contribution is 2.41. The van der Waals surface area contributed by atoms with Crippen LogP contribution in [0.3, 0.4) is 0 Å². The number of carbonyl (C=O) groups excluding carboxylic acids is 1. The number of aliphatic carboxylic acids is 1. The van der Waals surface area contributed by atoms with Crippen molar-refractivity contribution in [2.45, 2.75) is 57.4 Å². The quantitative estimate of drug-likeness (QED) is 0.0761. The molecule has 2 aliphatic rings. The Labute approximate surface area is 327 Å². The van der Waals surface area contributed by atoms with E-state index in [1.165, 1.54) is 26.4 Å². The summed E-state index contributed by atoms with van der Waals surface area (Å²) < 4.78 is 28.7. The van der Waals surface area contributed by atoms with Crippen molar-refractivity contribution in [1.29, 1.82) is 0 Å². The maximum atomic E-state index is 15.7. The molecule has 2 heterocycles. The van der Waals surface area contributed by atoms with E-state index < -0.39 is 16.7 Å². The summed E-state index contributed by atoms with van der Waals surface area (Å²) in [6, 6.07) is 17.7. The van der Waals surface area contributed by atoms with Crippen LogP contribution in [-0.4, -0.2) is 76.5 Å². The Morgan fingerprint density at radius 1 is 1.09 bits per heavy atom. The Morgan fingerprint density at radius 2 is 1.82 bits per heavy atom. The zero-order chi connectivity index (χ0) is 39.7. The molecule has 1 aliphatic heterocycles. The van der Waals surface area contributed by atoms with Gasteiger partial charge in [0.2, 0.25) is 5.91 Å². The summed E-state index contributed by atoms with van der Waals surface area (Å²) in [4.78, 5) is 36.8. The Bertz CT molecular complexity index is 2330. The minimum atomic E-state index is -0.806. The van der Waals surface area contributed by atoms with E-state index in [0.717, 1.165) is 22.9 Å². The second-order valence-electron chi connectivity index (χ2n) is 14.4. The first-order valence-corrected chi connectivity index (χ1v) is 18.7. The van der Waals surface area contributed by atoms with Gasteiger partial charge in [-0.05, 0) is 61.7 Å². The fraction of sp³-hybridized carbons (Fsp3) is 0.341. The van der Waals surface area contributed by atoms with Crippen molar-refractivity contribution in [2.75, 3.05) is 27.8 Å². The molecule has 1 aliphatic carbocycles. The highest BCUT2D eigenvalue weighted by molar-refractivity contribution is 6.36. The highest BCUT2D eigenvalue weighted by atomic mass is 35.5. The van der Waals surface area contributed by atoms with Crippen LogP contribution in [0.5, 0.6) is 11.5 Å². The number of amides is 1. The Balaban J connectivity index is 1.14. The van der Waals surface area contributed by atoms with Gasteiger partial charge < -0.3 is 25.2 Å². The smallest absolute Gasteiger partial charge is 0.306 e. The molecule has 1 amide bonds. The molecule has 292 valence electrons. The fourth-order valence-corrected chi connectivity index (χ4v) is 8.06. The van der Waals surface area contributed by atoms with E-state index in [1.807, 2.05) is 48.3 Å². The van der Waals surface area contributed by atoms with Gasteiger partial charge >= 0.3 is 5.97 Å². The third-order valence-electron chi connectivity index (χ3n) is 10.9. The number of halogens is 2. The lowest BCUT2D eigenvalue weighted by atomic mass is 9.79. The minimum Gasteiger partial charge on any atom is -0.496 e. The van der Waals surface area contributed by atoms with Crippen molar-refractivity contribution in [3.63, 3.8) is 0 Å². The van der Waals surface area contributed by atoms with Gasteiger partial charge in [-0.3, -0.25) is 29.3 Å². The fourth-order valence-electron chi connectivity index (χ4n) is 7.72. The van der Waals surface area contributed by atoms with Gasteiger partial charge in [-0.15, -0.1) is 0 Å². The van der Waals surface area contributed by atoms with E-state index in [1.54, 1.807) is 23.0 Å². The van der Waals surface area contributed by atoms with Gasteiger partial charge in [-0.25, -0.2) is 4.39 Å². The molecule has 1 aromatic heterocycles. The Morgan fingerprint density at radius 3 is 2.52 bits per heavy atom. The lowest BCUT2D eigenvalue weighted by molar-refractivity contribution is -0.385. The number of benzene rings is 4. The molecule has 13 nitrogen and oxygen atoms in total. The summed E-state index contributed by atoms with van der Waals surface area (Å²) in [5, 5.41) is 33.6. The van der Waals surface area contributed by atoms with Crippen molar-refractivity contribution < 1.29 is 33.5 Å². The first-order chi connectivity index (χ1) is 26.9. The van der Waals surface area contributed by atoms with Gasteiger partial charge in [-0.2, -0.15) is 5.10 Å². The summed E-state index contributed by atoms with van der Waals surface area (Å²) in [6.45, 7) is 1.18. The number of hydrogen-bond acceptors (Lipinski definition) is 9. The molecule has 15 heteroatoms. The molecule has 1 saturated heterocycles. The normalized spacial score (nSPS) is 17.9. The van der Waals surface area contributed by atoms with Crippen LogP contribution in [0.2, 0.25) is 5.02 Å². The zero-order valence-corrected chi connectivity index (χ0v) is 31.9. The lowest BCUT2D eigenvalue weighted by Crippen LogP contribution is -2.44. The van der Waals surface area contributed by atoms with Crippen molar-refractivity contribution in [3.8, 4) is 33.8 Å². The number of ether oxygens (including phenoxy) is 2. The molecule has 7 rings (SSSR count). The molecule has 0 bridgehead atoms. The van der Waals surface area contributed by atoms with E-state index in [-0.39, 0.29) is 42.7 Å². The first kappa shape index (κ1) is 38.7. The third-order valence-corrected chi connectivity index (χ3v) is 11.4. The third kappa shape index (κ3) is 7.77. The molecule has 0 unspecified atom stereocenters. The van der Waals surface area contributed by atoms with Crippen molar-refractivity contribution in [2.24, 2.45) is 5.92 Å². The maximum absolute atomic E-state index is 15.7. The average molecular weight is 785 g/mol. The largest absolute Gasteiger partial charge is 0.496 e. The molecule has 2 fully saturated rings. The molecule has 4 aromatic carbocycles. The van der Waals surface area contributed by atoms with Crippen molar-refractivity contribution in [1.82, 2.24) is 25.3 Å². The standard InChI is InChI=1S/C41H42ClFN6O7/c1-47(28-12-24(13-28)41(51)52)21-26-15-36(49(53)54)25(17-37(26)55-2)22-48-35-9-5-7-30(32(35)20-45-48)31-8-4-6-29(40(31)42)23-14-34(43)33(38(16-23)56-3)19-44-18-27-10-11-39(50)46-27/h4-9,14-17,20,24,27-28,44H,10-13,18-19,21-22H2,1-3H3,(H,46,50)(H,51,52)/t24-,27-,28-/m0/s1. The van der Waals surface area contributed by atoms with E-state index >= 15 is 4.39 Å². The Kier molecular flexibility index (Phi) is 11.2. The summed E-state index contributed by atoms with van der Waals surface area (Å²) in [7, 11) is 4.88. The number of nitro groups is 1. The van der Waals surface area contributed by atoms with Gasteiger partial charge in [0.25, 0.3) is 5.69 Å². The number of nitro benzene ring substituents is 1. The number of rotatable bonds is 15. The molecular weight excluding hydrogens is 743 g/mol. The second-order valence-corrected chi connectivity index (χ2v) is 14.8. The van der Waals surface area contributed by atoms with E-state index in [2.05, 4.69) is 15.7 Å². The van der Waals surface area contributed by atoms with Crippen molar-refractivity contribution >= 4 is 40.1 Å². The van der Waals surface area contributed by atoms with E-state index in [0.29, 0.717) is 82.3 Å². The van der Waals surface area contributed by atoms with E-state index in [4.69, 9.17) is 21.1 Å². The average Bonchev–Trinajstić information content (AvgIpc) is 3.77. The number of nitrogens with one attached hydrogen (secondary N) is 2. The molecule has 0 spiro atoms. The van der Waals surface area contributed by atoms with Crippen LogP contribution in [-0.2, 0) is 29.2 Å². The summed E-state index contributed by atoms with van der Waals surface area (Å²) in [5.74, 6) is -0.753. The first-order valence-electron chi connectivity index (χ1n) is 18.3. The van der Waals surface area contributed by atoms with Gasteiger partial charge in [0.05, 0.1) is 53.9 Å². The van der Waals surface area contributed by atoms with Gasteiger partial charge in [0, 0.05) is 71.8 Å². The van der Waals surface area contributed by atoms with Gasteiger partial charge in [0.1, 0.15) is 17.3 Å². The number of carboxylic acids is 1. The van der Waals surface area contributed by atoms with Crippen LogP contribution in [0.15, 0.2) is 66.9 Å². The van der Waals surface area contributed by atoms with Crippen LogP contribution in [0, 0.1) is 21.8 Å². The second kappa shape index (κ2) is 16.3. The van der Waals surface area contributed by atoms with Crippen LogP contribution in [0.25, 0.3) is 33.2 Å². The molecular formula is C41H42ClFN6O7. The molecule has 5 aromatic rings. The lowest BCUT2D eigenvalue weighted by Gasteiger charge is -2.39. The minimum absolute atomic E-state index is 0.00971. The number of hydrogen-bond donors (Lipinski definition) is 3. The van der Waals surface area contributed by atoms with Crippen LogP contribution < -0.4 is 20.1 Å². The predicted octanol–water partition coefficient (Wildman–Crippen LogP) is 6.80. The topological polar surface area (TPSA) is 161 Å². The number of nitrogens with zero attached hydrogens (tertiary/aromatic N) is 4. The van der Waals surface area contributed by atoms with Gasteiger partial charge in [-0.1, -0.05) is 41.9 Å². The van der Waals surface area contributed by atoms with Crippen LogP contribution >= 0.6 is 11.6 Å². The summed E-state index contributed by atoms with van der Waals surface area (Å²) in [5.41, 5.74) is 4.66. The zero-order valence-electron chi connectivity index (χ0n) is 31.2. The number of carbonyl (C=O) groups is 2. The molecule has 0 radical (unpaired) electrons. The summed E-state index contributed by atoms with van der Waals surface area (Å²) in [6.07, 6.45) is 3.98.